The number of aliphatic hydroxyl groups is 1. The summed E-state index contributed by atoms with van der Waals surface area (Å²) in [5.41, 5.74) is 1.24. The summed E-state index contributed by atoms with van der Waals surface area (Å²) >= 11 is 0. The molecule has 5 heteroatoms. The first-order valence-electron chi connectivity index (χ1n) is 6.28. The van der Waals surface area contributed by atoms with E-state index >= 15 is 0 Å². The average molecular weight is 274 g/mol. The Kier molecular flexibility index (Phi) is 4.79. The first-order valence-corrected chi connectivity index (χ1v) is 6.28. The zero-order chi connectivity index (χ0) is 14.4. The fourth-order valence-electron chi connectivity index (χ4n) is 1.89. The van der Waals surface area contributed by atoms with Crippen molar-refractivity contribution in [2.24, 2.45) is 0 Å². The Morgan fingerprint density at radius 1 is 1.20 bits per heavy atom. The molecule has 0 spiro atoms. The molecule has 2 N–H and O–H groups in total. The first-order chi connectivity index (χ1) is 9.70. The highest BCUT2D eigenvalue weighted by Gasteiger charge is 2.15. The smallest absolute Gasteiger partial charge is 0.251 e. The second-order valence-corrected chi connectivity index (χ2v) is 4.33. The summed E-state index contributed by atoms with van der Waals surface area (Å²) in [6.45, 7) is -0.0708. The number of pyridine rings is 1. The Balaban J connectivity index is 2.13. The van der Waals surface area contributed by atoms with E-state index in [-0.39, 0.29) is 24.4 Å². The van der Waals surface area contributed by atoms with Gasteiger partial charge in [-0.3, -0.25) is 9.78 Å². The average Bonchev–Trinajstić information content (AvgIpc) is 2.48. The highest BCUT2D eigenvalue weighted by Crippen LogP contribution is 2.17. The molecule has 0 unspecified atom stereocenters. The van der Waals surface area contributed by atoms with Crippen LogP contribution in [0.4, 0.5) is 4.39 Å². The summed E-state index contributed by atoms with van der Waals surface area (Å²) in [4.78, 5) is 15.9. The van der Waals surface area contributed by atoms with Crippen LogP contribution in [0.3, 0.4) is 0 Å². The lowest BCUT2D eigenvalue weighted by atomic mass is 10.0. The van der Waals surface area contributed by atoms with Crippen LogP contribution in [0.25, 0.3) is 0 Å². The lowest BCUT2D eigenvalue weighted by molar-refractivity contribution is 0.0930. The molecule has 20 heavy (non-hydrogen) atoms. The zero-order valence-electron chi connectivity index (χ0n) is 10.8. The first kappa shape index (κ1) is 14.1. The molecule has 0 aliphatic carbocycles. The van der Waals surface area contributed by atoms with Crippen LogP contribution in [0.15, 0.2) is 48.8 Å². The van der Waals surface area contributed by atoms with Gasteiger partial charge in [0.1, 0.15) is 5.82 Å². The SMILES string of the molecule is O=C(N[C@@H](CCO)c1ccc(F)cc1)c1ccncc1. The molecule has 4 nitrogen and oxygen atoms in total. The second kappa shape index (κ2) is 6.77. The van der Waals surface area contributed by atoms with Gasteiger partial charge in [-0.25, -0.2) is 4.39 Å². The number of aliphatic hydroxyl groups excluding tert-OH is 1. The van der Waals surface area contributed by atoms with E-state index in [4.69, 9.17) is 5.11 Å². The molecule has 1 heterocycles. The summed E-state index contributed by atoms with van der Waals surface area (Å²) in [6.07, 6.45) is 3.43. The minimum atomic E-state index is -0.360. The number of rotatable bonds is 5. The maximum absolute atomic E-state index is 12.9. The molecule has 1 amide bonds. The molecule has 1 aromatic heterocycles. The maximum atomic E-state index is 12.9. The van der Waals surface area contributed by atoms with E-state index in [0.29, 0.717) is 12.0 Å². The van der Waals surface area contributed by atoms with E-state index in [1.807, 2.05) is 0 Å². The Morgan fingerprint density at radius 2 is 1.85 bits per heavy atom. The van der Waals surface area contributed by atoms with Crippen molar-refractivity contribution in [3.63, 3.8) is 0 Å². The number of nitrogens with zero attached hydrogens (tertiary/aromatic N) is 1. The third kappa shape index (κ3) is 3.61. The maximum Gasteiger partial charge on any atom is 0.251 e. The van der Waals surface area contributed by atoms with Crippen molar-refractivity contribution in [3.05, 3.63) is 65.7 Å². The van der Waals surface area contributed by atoms with Gasteiger partial charge in [-0.1, -0.05) is 12.1 Å². The van der Waals surface area contributed by atoms with E-state index in [1.165, 1.54) is 24.5 Å². The van der Waals surface area contributed by atoms with Crippen LogP contribution in [-0.4, -0.2) is 22.6 Å². The van der Waals surface area contributed by atoms with Gasteiger partial charge in [0.05, 0.1) is 6.04 Å². The molecule has 0 aliphatic heterocycles. The highest BCUT2D eigenvalue weighted by molar-refractivity contribution is 5.94. The fraction of sp³-hybridized carbons (Fsp3) is 0.200. The van der Waals surface area contributed by atoms with Gasteiger partial charge in [-0.05, 0) is 36.2 Å². The lowest BCUT2D eigenvalue weighted by Crippen LogP contribution is -2.29. The van der Waals surface area contributed by atoms with Crippen molar-refractivity contribution in [1.29, 1.82) is 0 Å². The molecule has 2 rings (SSSR count). The van der Waals surface area contributed by atoms with Crippen LogP contribution in [0, 0.1) is 5.82 Å². The van der Waals surface area contributed by atoms with Gasteiger partial charge in [-0.15, -0.1) is 0 Å². The number of amides is 1. The Hall–Kier alpha value is -2.27. The number of nitrogens with one attached hydrogen (secondary N) is 1. The van der Waals surface area contributed by atoms with E-state index in [1.54, 1.807) is 24.3 Å². The number of benzene rings is 1. The van der Waals surface area contributed by atoms with E-state index in [9.17, 15) is 9.18 Å². The molecular formula is C15H15FN2O2. The molecule has 0 radical (unpaired) electrons. The summed E-state index contributed by atoms with van der Waals surface area (Å²) in [5, 5.41) is 11.9. The monoisotopic (exact) mass is 274 g/mol. The summed E-state index contributed by atoms with van der Waals surface area (Å²) in [7, 11) is 0. The van der Waals surface area contributed by atoms with Crippen molar-refractivity contribution in [2.75, 3.05) is 6.61 Å². The third-order valence-corrected chi connectivity index (χ3v) is 2.94. The molecule has 0 saturated carbocycles. The Labute approximate surface area is 116 Å². The van der Waals surface area contributed by atoms with Gasteiger partial charge in [-0.2, -0.15) is 0 Å². The second-order valence-electron chi connectivity index (χ2n) is 4.33. The third-order valence-electron chi connectivity index (χ3n) is 2.94. The summed E-state index contributed by atoms with van der Waals surface area (Å²) < 4.78 is 12.9. The number of hydrogen-bond acceptors (Lipinski definition) is 3. The Bertz CT molecular complexity index is 558. The van der Waals surface area contributed by atoms with Crippen LogP contribution < -0.4 is 5.32 Å². The Morgan fingerprint density at radius 3 is 2.45 bits per heavy atom. The number of carbonyl (C=O) groups excluding carboxylic acids is 1. The zero-order valence-corrected chi connectivity index (χ0v) is 10.8. The highest BCUT2D eigenvalue weighted by atomic mass is 19.1. The molecule has 2 aromatic rings. The minimum Gasteiger partial charge on any atom is -0.396 e. The number of hydrogen-bond donors (Lipinski definition) is 2. The number of aromatic nitrogens is 1. The van der Waals surface area contributed by atoms with Crippen LogP contribution >= 0.6 is 0 Å². The quantitative estimate of drug-likeness (QED) is 0.877. The van der Waals surface area contributed by atoms with Crippen molar-refractivity contribution < 1.29 is 14.3 Å². The fourth-order valence-corrected chi connectivity index (χ4v) is 1.89. The largest absolute Gasteiger partial charge is 0.396 e. The van der Waals surface area contributed by atoms with Crippen molar-refractivity contribution in [1.82, 2.24) is 10.3 Å². The van der Waals surface area contributed by atoms with Gasteiger partial charge >= 0.3 is 0 Å². The normalized spacial score (nSPS) is 11.9. The molecule has 0 aliphatic rings. The van der Waals surface area contributed by atoms with Crippen LogP contribution in [0.1, 0.15) is 28.4 Å². The molecule has 1 aromatic carbocycles. The van der Waals surface area contributed by atoms with Gasteiger partial charge in [0, 0.05) is 24.6 Å². The standard InChI is InChI=1S/C15H15FN2O2/c16-13-3-1-11(2-4-13)14(7-10-19)18-15(20)12-5-8-17-9-6-12/h1-6,8-9,14,19H,7,10H2,(H,18,20)/t14-/m0/s1. The van der Waals surface area contributed by atoms with E-state index in [0.717, 1.165) is 5.56 Å². The summed E-state index contributed by atoms with van der Waals surface area (Å²) in [5.74, 6) is -0.591. The number of halogens is 1. The van der Waals surface area contributed by atoms with Crippen molar-refractivity contribution in [3.8, 4) is 0 Å². The van der Waals surface area contributed by atoms with Crippen LogP contribution in [-0.2, 0) is 0 Å². The predicted octanol–water partition coefficient (Wildman–Crippen LogP) is 2.07. The van der Waals surface area contributed by atoms with Gasteiger partial charge < -0.3 is 10.4 Å². The molecule has 104 valence electrons. The van der Waals surface area contributed by atoms with Gasteiger partial charge in [0.2, 0.25) is 0 Å². The minimum absolute atomic E-state index is 0.0708. The molecular weight excluding hydrogens is 259 g/mol. The van der Waals surface area contributed by atoms with Crippen molar-refractivity contribution in [2.45, 2.75) is 12.5 Å². The van der Waals surface area contributed by atoms with Gasteiger partial charge in [0.25, 0.3) is 5.91 Å². The molecule has 1 atom stereocenters. The molecule has 0 fully saturated rings. The van der Waals surface area contributed by atoms with E-state index in [2.05, 4.69) is 10.3 Å². The molecule has 0 saturated heterocycles. The number of carbonyl (C=O) groups is 1. The van der Waals surface area contributed by atoms with Crippen LogP contribution in [0.5, 0.6) is 0 Å². The van der Waals surface area contributed by atoms with E-state index < -0.39 is 0 Å². The van der Waals surface area contributed by atoms with Gasteiger partial charge in [0.15, 0.2) is 0 Å². The predicted molar refractivity (Wildman–Crippen MR) is 72.5 cm³/mol. The molecule has 0 bridgehead atoms. The lowest BCUT2D eigenvalue weighted by Gasteiger charge is -2.18. The topological polar surface area (TPSA) is 62.2 Å². The summed E-state index contributed by atoms with van der Waals surface area (Å²) in [6, 6.07) is 8.72. The van der Waals surface area contributed by atoms with Crippen molar-refractivity contribution >= 4 is 5.91 Å². The van der Waals surface area contributed by atoms with Crippen LogP contribution in [0.2, 0.25) is 0 Å².